The first-order valence-electron chi connectivity index (χ1n) is 7.20. The zero-order valence-corrected chi connectivity index (χ0v) is 12.1. The molecule has 0 spiro atoms. The second kappa shape index (κ2) is 7.36. The molecule has 0 saturated heterocycles. The predicted octanol–water partition coefficient (Wildman–Crippen LogP) is 2.24. The monoisotopic (exact) mass is 269 g/mol. The maximum Gasteiger partial charge on any atom is 0.220 e. The van der Waals surface area contributed by atoms with Crippen molar-refractivity contribution in [3.05, 3.63) is 0 Å². The number of hydrogen-bond acceptors (Lipinski definition) is 3. The van der Waals surface area contributed by atoms with Crippen molar-refractivity contribution in [3.63, 3.8) is 0 Å². The maximum atomic E-state index is 11.8. The largest absolute Gasteiger partial charge is 0.409 e. The van der Waals surface area contributed by atoms with E-state index in [9.17, 15) is 4.79 Å². The van der Waals surface area contributed by atoms with E-state index in [1.807, 2.05) is 13.8 Å². The number of nitrogens with zero attached hydrogens (tertiary/aromatic N) is 1. The lowest BCUT2D eigenvalue weighted by molar-refractivity contribution is -0.121. The lowest BCUT2D eigenvalue weighted by atomic mass is 9.86. The Morgan fingerprint density at radius 3 is 2.58 bits per heavy atom. The van der Waals surface area contributed by atoms with Gasteiger partial charge in [-0.05, 0) is 12.3 Å². The van der Waals surface area contributed by atoms with Gasteiger partial charge < -0.3 is 16.3 Å². The van der Waals surface area contributed by atoms with E-state index in [0.29, 0.717) is 13.0 Å². The molecule has 1 aliphatic carbocycles. The molecular formula is C14H27N3O2. The molecule has 5 nitrogen and oxygen atoms in total. The molecule has 0 bridgehead atoms. The molecule has 1 amide bonds. The molecule has 0 radical (unpaired) electrons. The van der Waals surface area contributed by atoms with Gasteiger partial charge in [-0.3, -0.25) is 4.79 Å². The standard InChI is InChI=1S/C14H27N3O2/c1-14(2,13(15)17-19)10-16-12(18)9-8-11-6-4-3-5-7-11/h11,19H,3-10H2,1-2H3,(H2,15,17)(H,16,18). The van der Waals surface area contributed by atoms with Crippen molar-refractivity contribution < 1.29 is 10.0 Å². The molecule has 110 valence electrons. The summed E-state index contributed by atoms with van der Waals surface area (Å²) in [6.45, 7) is 4.07. The first-order chi connectivity index (χ1) is 8.95. The summed E-state index contributed by atoms with van der Waals surface area (Å²) in [6, 6.07) is 0. The van der Waals surface area contributed by atoms with Crippen LogP contribution >= 0.6 is 0 Å². The first-order valence-corrected chi connectivity index (χ1v) is 7.20. The van der Waals surface area contributed by atoms with Crippen LogP contribution in [0.15, 0.2) is 5.16 Å². The first kappa shape index (κ1) is 15.8. The lowest BCUT2D eigenvalue weighted by Gasteiger charge is -2.24. The minimum absolute atomic E-state index is 0.0596. The summed E-state index contributed by atoms with van der Waals surface area (Å²) in [4.78, 5) is 11.8. The number of amides is 1. The van der Waals surface area contributed by atoms with Crippen LogP contribution in [0.25, 0.3) is 0 Å². The summed E-state index contributed by atoms with van der Waals surface area (Å²) in [6.07, 6.45) is 8.06. The van der Waals surface area contributed by atoms with Gasteiger partial charge in [0, 0.05) is 18.4 Å². The Bertz CT molecular complexity index is 321. The number of carbonyl (C=O) groups excluding carboxylic acids is 1. The molecule has 19 heavy (non-hydrogen) atoms. The number of rotatable bonds is 6. The van der Waals surface area contributed by atoms with Gasteiger partial charge in [0.05, 0.1) is 0 Å². The van der Waals surface area contributed by atoms with Crippen molar-refractivity contribution in [1.29, 1.82) is 0 Å². The van der Waals surface area contributed by atoms with Crippen molar-refractivity contribution in [2.24, 2.45) is 22.2 Å². The smallest absolute Gasteiger partial charge is 0.220 e. The third kappa shape index (κ3) is 5.49. The summed E-state index contributed by atoms with van der Waals surface area (Å²) in [5.74, 6) is 0.918. The Morgan fingerprint density at radius 2 is 2.00 bits per heavy atom. The quantitative estimate of drug-likeness (QED) is 0.299. The molecule has 4 N–H and O–H groups in total. The molecule has 0 atom stereocenters. The molecule has 0 heterocycles. The van der Waals surface area contributed by atoms with Gasteiger partial charge in [0.15, 0.2) is 0 Å². The highest BCUT2D eigenvalue weighted by molar-refractivity contribution is 5.86. The van der Waals surface area contributed by atoms with Gasteiger partial charge in [0.2, 0.25) is 5.91 Å². The van der Waals surface area contributed by atoms with Gasteiger partial charge in [-0.2, -0.15) is 0 Å². The van der Waals surface area contributed by atoms with E-state index in [1.54, 1.807) is 0 Å². The molecule has 1 aliphatic rings. The predicted molar refractivity (Wildman–Crippen MR) is 76.0 cm³/mol. The van der Waals surface area contributed by atoms with E-state index in [-0.39, 0.29) is 11.7 Å². The molecule has 1 fully saturated rings. The Balaban J connectivity index is 2.24. The molecule has 1 saturated carbocycles. The van der Waals surface area contributed by atoms with Crippen LogP contribution in [0.2, 0.25) is 0 Å². The van der Waals surface area contributed by atoms with Crippen LogP contribution in [0.5, 0.6) is 0 Å². The van der Waals surface area contributed by atoms with Crippen molar-refractivity contribution in [2.45, 2.75) is 58.8 Å². The van der Waals surface area contributed by atoms with Crippen molar-refractivity contribution >= 4 is 11.7 Å². The number of oxime groups is 1. The van der Waals surface area contributed by atoms with Gasteiger partial charge >= 0.3 is 0 Å². The Hall–Kier alpha value is -1.26. The van der Waals surface area contributed by atoms with E-state index in [4.69, 9.17) is 10.9 Å². The topological polar surface area (TPSA) is 87.7 Å². The highest BCUT2D eigenvalue weighted by Crippen LogP contribution is 2.27. The van der Waals surface area contributed by atoms with E-state index in [1.165, 1.54) is 32.1 Å². The SMILES string of the molecule is CC(C)(CNC(=O)CCC1CCCCC1)C(N)=NO. The van der Waals surface area contributed by atoms with Crippen LogP contribution in [0.4, 0.5) is 0 Å². The van der Waals surface area contributed by atoms with Crippen LogP contribution in [0, 0.1) is 11.3 Å². The van der Waals surface area contributed by atoms with E-state index >= 15 is 0 Å². The van der Waals surface area contributed by atoms with Crippen molar-refractivity contribution in [3.8, 4) is 0 Å². The highest BCUT2D eigenvalue weighted by Gasteiger charge is 2.24. The molecule has 0 aliphatic heterocycles. The minimum Gasteiger partial charge on any atom is -0.409 e. The van der Waals surface area contributed by atoms with Crippen LogP contribution in [-0.4, -0.2) is 23.5 Å². The average Bonchev–Trinajstić information content (AvgIpc) is 2.43. The summed E-state index contributed by atoms with van der Waals surface area (Å²) < 4.78 is 0. The van der Waals surface area contributed by atoms with Gasteiger partial charge in [0.25, 0.3) is 0 Å². The molecular weight excluding hydrogens is 242 g/mol. The Morgan fingerprint density at radius 1 is 1.37 bits per heavy atom. The van der Waals surface area contributed by atoms with Gasteiger partial charge in [0.1, 0.15) is 5.84 Å². The summed E-state index contributed by atoms with van der Waals surface area (Å²) >= 11 is 0. The maximum absolute atomic E-state index is 11.8. The molecule has 0 aromatic heterocycles. The fraction of sp³-hybridized carbons (Fsp3) is 0.857. The molecule has 1 rings (SSSR count). The zero-order valence-electron chi connectivity index (χ0n) is 12.1. The van der Waals surface area contributed by atoms with E-state index in [0.717, 1.165) is 12.3 Å². The summed E-state index contributed by atoms with van der Waals surface area (Å²) in [7, 11) is 0. The fourth-order valence-electron chi connectivity index (χ4n) is 2.44. The van der Waals surface area contributed by atoms with Crippen LogP contribution in [-0.2, 0) is 4.79 Å². The number of hydrogen-bond donors (Lipinski definition) is 3. The molecule has 5 heteroatoms. The number of carbonyl (C=O) groups is 1. The summed E-state index contributed by atoms with van der Waals surface area (Å²) in [5.41, 5.74) is 5.06. The van der Waals surface area contributed by atoms with Crippen LogP contribution in [0.3, 0.4) is 0 Å². The molecule has 0 unspecified atom stereocenters. The minimum atomic E-state index is -0.519. The Labute approximate surface area is 115 Å². The summed E-state index contributed by atoms with van der Waals surface area (Å²) in [5, 5.41) is 14.5. The second-order valence-corrected chi connectivity index (χ2v) is 6.19. The highest BCUT2D eigenvalue weighted by atomic mass is 16.4. The van der Waals surface area contributed by atoms with E-state index in [2.05, 4.69) is 10.5 Å². The third-order valence-corrected chi connectivity index (χ3v) is 4.03. The number of nitrogens with two attached hydrogens (primary N) is 1. The van der Waals surface area contributed by atoms with Crippen LogP contribution < -0.4 is 11.1 Å². The van der Waals surface area contributed by atoms with Gasteiger partial charge in [-0.1, -0.05) is 51.1 Å². The fourth-order valence-corrected chi connectivity index (χ4v) is 2.44. The normalized spacial score (nSPS) is 18.3. The van der Waals surface area contributed by atoms with Crippen LogP contribution in [0.1, 0.15) is 58.8 Å². The Kier molecular flexibility index (Phi) is 6.12. The van der Waals surface area contributed by atoms with Gasteiger partial charge in [-0.25, -0.2) is 0 Å². The molecule has 0 aromatic rings. The zero-order chi connectivity index (χ0) is 14.3. The number of nitrogens with one attached hydrogen (secondary N) is 1. The average molecular weight is 269 g/mol. The second-order valence-electron chi connectivity index (χ2n) is 6.19. The van der Waals surface area contributed by atoms with Gasteiger partial charge in [-0.15, -0.1) is 0 Å². The van der Waals surface area contributed by atoms with Crippen molar-refractivity contribution in [1.82, 2.24) is 5.32 Å². The number of amidine groups is 1. The van der Waals surface area contributed by atoms with Crippen molar-refractivity contribution in [2.75, 3.05) is 6.54 Å². The van der Waals surface area contributed by atoms with E-state index < -0.39 is 5.41 Å². The third-order valence-electron chi connectivity index (χ3n) is 4.03. The molecule has 0 aromatic carbocycles. The lowest BCUT2D eigenvalue weighted by Crippen LogP contribution is -2.42.